The number of likely N-dealkylation sites (tertiary alicyclic amines) is 2. The van der Waals surface area contributed by atoms with Crippen LogP contribution in [-0.2, 0) is 72.0 Å². The van der Waals surface area contributed by atoms with Crippen LogP contribution in [0.3, 0.4) is 0 Å². The Bertz CT molecular complexity index is 2780. The molecule has 4 heterocycles. The van der Waals surface area contributed by atoms with Crippen LogP contribution in [0.5, 0.6) is 0 Å². The Kier molecular flexibility index (Phi) is 27.3. The monoisotopic (exact) mass is 1240 g/mol. The second-order valence-electron chi connectivity index (χ2n) is 22.2. The van der Waals surface area contributed by atoms with E-state index in [1.807, 2.05) is 20.1 Å². The summed E-state index contributed by atoms with van der Waals surface area (Å²) in [7, 11) is 0. The van der Waals surface area contributed by atoms with Crippen LogP contribution in [0.15, 0.2) is 55.4 Å². The summed E-state index contributed by atoms with van der Waals surface area (Å²) in [5.41, 5.74) is 7.70. The van der Waals surface area contributed by atoms with Crippen LogP contribution < -0.4 is 48.3 Å². The minimum Gasteiger partial charge on any atom is -0.480 e. The number of carboxylic acid groups (broad SMARTS) is 1. The number of imidazole rings is 2. The maximum absolute atomic E-state index is 14.8. The van der Waals surface area contributed by atoms with Crippen molar-refractivity contribution in [2.45, 2.75) is 159 Å². The lowest BCUT2D eigenvalue weighted by Crippen LogP contribution is -2.61. The molecule has 0 unspecified atom stereocenters. The van der Waals surface area contributed by atoms with Crippen LogP contribution in [0.1, 0.15) is 90.1 Å². The fraction of sp³-hybridized carbons (Fsp3) is 0.589. The van der Waals surface area contributed by atoms with E-state index in [9.17, 15) is 63.0 Å². The van der Waals surface area contributed by atoms with Crippen molar-refractivity contribution in [1.82, 2.24) is 72.3 Å². The topological polar surface area (TPSA) is 414 Å². The number of aliphatic hydroxyl groups is 1. The van der Waals surface area contributed by atoms with Gasteiger partial charge in [-0.1, -0.05) is 58.0 Å². The molecule has 28 nitrogen and oxygen atoms in total. The van der Waals surface area contributed by atoms with Crippen LogP contribution in [0.4, 0.5) is 0 Å². The van der Waals surface area contributed by atoms with Crippen molar-refractivity contribution in [2.75, 3.05) is 37.5 Å². The summed E-state index contributed by atoms with van der Waals surface area (Å²) in [6.45, 7) is 7.76. The van der Waals surface area contributed by atoms with Gasteiger partial charge in [-0.2, -0.15) is 24.4 Å². The number of aromatic nitrogens is 4. The van der Waals surface area contributed by atoms with Crippen LogP contribution in [0, 0.1) is 11.8 Å². The van der Waals surface area contributed by atoms with E-state index in [1.54, 1.807) is 44.2 Å². The molecule has 0 radical (unpaired) electrons. The molecule has 30 heteroatoms. The molecule has 14 N–H and O–H groups in total. The Morgan fingerprint density at radius 1 is 0.651 bits per heavy atom. The zero-order valence-corrected chi connectivity index (χ0v) is 50.9. The molecule has 0 bridgehead atoms. The highest BCUT2D eigenvalue weighted by molar-refractivity contribution is 7.98. The number of aliphatic carboxylic acids is 1. The predicted octanol–water partition coefficient (Wildman–Crippen LogP) is -2.17. The number of hydrogen-bond acceptors (Lipinski definition) is 17. The third-order valence-corrected chi connectivity index (χ3v) is 15.7. The molecule has 86 heavy (non-hydrogen) atoms. The van der Waals surface area contributed by atoms with E-state index in [-0.39, 0.29) is 63.3 Å². The highest BCUT2D eigenvalue weighted by atomic mass is 32.2. The first-order valence-corrected chi connectivity index (χ1v) is 30.7. The number of nitrogens with zero attached hydrogens (tertiary/aromatic N) is 4. The minimum absolute atomic E-state index is 0.0119. The Hall–Kier alpha value is -7.57. The van der Waals surface area contributed by atoms with E-state index in [4.69, 9.17) is 5.73 Å². The molecule has 2 aliphatic rings. The molecule has 2 aromatic heterocycles. The van der Waals surface area contributed by atoms with Crippen LogP contribution >= 0.6 is 24.4 Å². The molecule has 472 valence electrons. The van der Waals surface area contributed by atoms with E-state index in [0.717, 1.165) is 0 Å². The number of aliphatic hydroxyl groups excluding tert-OH is 1. The Morgan fingerprint density at radius 3 is 1.71 bits per heavy atom. The largest absolute Gasteiger partial charge is 0.480 e. The molecule has 11 atom stereocenters. The zero-order valence-electron chi connectivity index (χ0n) is 49.2. The number of H-pyrrole nitrogens is 2. The molecule has 2 saturated heterocycles. The Morgan fingerprint density at radius 2 is 1.16 bits per heavy atom. The summed E-state index contributed by atoms with van der Waals surface area (Å²) in [6.07, 6.45) is 9.21. The summed E-state index contributed by atoms with van der Waals surface area (Å²) in [5.74, 6) is -8.94. The van der Waals surface area contributed by atoms with Crippen LogP contribution in [0.2, 0.25) is 0 Å². The Balaban J connectivity index is 1.31. The molecule has 2 fully saturated rings. The number of carboxylic acids is 1. The second-order valence-corrected chi connectivity index (χ2v) is 23.5. The number of aromatic amines is 2. The maximum Gasteiger partial charge on any atom is 0.325 e. The van der Waals surface area contributed by atoms with Gasteiger partial charge >= 0.3 is 5.97 Å². The number of thioether (sulfide) groups is 1. The number of nitrogens with one attached hydrogen (secondary N) is 10. The normalized spacial score (nSPS) is 18.0. The van der Waals surface area contributed by atoms with E-state index < -0.39 is 144 Å². The van der Waals surface area contributed by atoms with Gasteiger partial charge < -0.3 is 78.2 Å². The number of thiol groups is 1. The lowest BCUT2D eigenvalue weighted by Gasteiger charge is -2.34. The van der Waals surface area contributed by atoms with Gasteiger partial charge in [0, 0.05) is 61.9 Å². The van der Waals surface area contributed by atoms with E-state index in [0.29, 0.717) is 42.0 Å². The Labute approximate surface area is 508 Å². The number of nitrogens with two attached hydrogens (primary N) is 1. The summed E-state index contributed by atoms with van der Waals surface area (Å²) >= 11 is 5.74. The first kappa shape index (κ1) is 69.2. The third-order valence-electron chi connectivity index (χ3n) is 14.7. The second kappa shape index (κ2) is 33.9. The molecule has 5 rings (SSSR count). The van der Waals surface area contributed by atoms with Gasteiger partial charge in [0.2, 0.25) is 59.1 Å². The molecular weight excluding hydrogens is 1150 g/mol. The van der Waals surface area contributed by atoms with Crippen molar-refractivity contribution in [2.24, 2.45) is 17.6 Å². The maximum atomic E-state index is 14.8. The lowest BCUT2D eigenvalue weighted by atomic mass is 9.98. The van der Waals surface area contributed by atoms with Crippen molar-refractivity contribution in [3.05, 3.63) is 72.3 Å². The van der Waals surface area contributed by atoms with Gasteiger partial charge in [-0.15, -0.1) is 0 Å². The summed E-state index contributed by atoms with van der Waals surface area (Å²) in [4.78, 5) is 168. The first-order valence-electron chi connectivity index (χ1n) is 28.7. The molecular formula is C56H83N15O13S2. The summed E-state index contributed by atoms with van der Waals surface area (Å²) in [6, 6.07) is -5.04. The fourth-order valence-electron chi connectivity index (χ4n) is 9.94. The SMILES string of the molecule is CSCC[C@H](N)C(=O)N[C@@H](Cc1cnc[nH]1)C(=O)N[C@H](C(=O)N[C@@H](CC(C)C)C(=O)N1CCC[C@H]1C(=O)N1CCC[C@H]1C(=O)N[C@@H](Cc1cnc[nH]1)C(=O)N[C@@H](Cc1ccccc1)C(=O)N[C@@H](CS)C(=O)N[C@@H](CO)C(=O)N[C@@H](C)C(=O)O)C(C)C. The van der Waals surface area contributed by atoms with Gasteiger partial charge in [-0.25, -0.2) is 9.97 Å². The number of hydrogen-bond donors (Lipinski definition) is 14. The molecule has 2 aliphatic heterocycles. The molecule has 0 spiro atoms. The average Bonchev–Trinajstić information content (AvgIpc) is 2.36. The van der Waals surface area contributed by atoms with Crippen molar-refractivity contribution in [3.8, 4) is 0 Å². The number of carbonyl (C=O) groups excluding carboxylic acids is 10. The van der Waals surface area contributed by atoms with Crippen molar-refractivity contribution < 1.29 is 63.0 Å². The molecule has 0 saturated carbocycles. The van der Waals surface area contributed by atoms with Gasteiger partial charge in [-0.3, -0.25) is 52.7 Å². The van der Waals surface area contributed by atoms with Gasteiger partial charge in [0.25, 0.3) is 0 Å². The molecule has 0 aliphatic carbocycles. The fourth-order valence-corrected chi connectivity index (χ4v) is 10.7. The smallest absolute Gasteiger partial charge is 0.325 e. The van der Waals surface area contributed by atoms with Gasteiger partial charge in [0.1, 0.15) is 60.4 Å². The van der Waals surface area contributed by atoms with Crippen LogP contribution in [-0.4, -0.2) is 209 Å². The van der Waals surface area contributed by atoms with Crippen molar-refractivity contribution in [1.29, 1.82) is 0 Å². The minimum atomic E-state index is -1.60. The standard InChI is InChI=1S/C56H83N15O13S2/c1-30(2)20-40(66-53(80)45(31(3)4)69-49(76)39(23-35-25-59-29-61-35)63-46(73)36(57)16-19-86-6)54(81)71-18-11-15-44(71)55(82)70-17-10-14-43(70)52(79)65-38(22-34-24-58-28-60-34)48(75)64-37(21-33-12-8-7-9-13-33)47(74)68-42(27-85)51(78)67-41(26-72)50(77)62-32(5)56(83)84/h7-9,12-13,24-25,28-32,36-45,72,85H,10-11,14-23,26-27,57H2,1-6H3,(H,58,60)(H,59,61)(H,62,77)(H,63,73)(H,64,75)(H,65,79)(H,66,80)(H,67,78)(H,68,74)(H,69,76)(H,83,84)/t32-,36-,37-,38-,39-,40-,41-,42-,43-,44-,45-/m0/s1. The predicted molar refractivity (Wildman–Crippen MR) is 319 cm³/mol. The third kappa shape index (κ3) is 20.3. The number of rotatable bonds is 33. The van der Waals surface area contributed by atoms with E-state index >= 15 is 0 Å². The number of benzene rings is 1. The summed E-state index contributed by atoms with van der Waals surface area (Å²) in [5, 5.41) is 39.9. The zero-order chi connectivity index (χ0) is 63.2. The highest BCUT2D eigenvalue weighted by Gasteiger charge is 2.45. The number of amides is 10. The quantitative estimate of drug-likeness (QED) is 0.0289. The van der Waals surface area contributed by atoms with E-state index in [1.165, 1.54) is 53.5 Å². The molecule has 10 amide bonds. The molecule has 1 aromatic carbocycles. The first-order chi connectivity index (χ1) is 41.0. The molecule has 3 aromatic rings. The van der Waals surface area contributed by atoms with Gasteiger partial charge in [0.05, 0.1) is 25.3 Å². The van der Waals surface area contributed by atoms with Crippen molar-refractivity contribution in [3.63, 3.8) is 0 Å². The average molecular weight is 1240 g/mol. The van der Waals surface area contributed by atoms with E-state index in [2.05, 4.69) is 75.1 Å². The number of carbonyl (C=O) groups is 11. The van der Waals surface area contributed by atoms with Gasteiger partial charge in [-0.05, 0) is 74.9 Å². The highest BCUT2D eigenvalue weighted by Crippen LogP contribution is 2.27. The lowest BCUT2D eigenvalue weighted by molar-refractivity contribution is -0.148. The van der Waals surface area contributed by atoms with Gasteiger partial charge in [0.15, 0.2) is 0 Å². The van der Waals surface area contributed by atoms with Crippen molar-refractivity contribution >= 4 is 89.4 Å². The summed E-state index contributed by atoms with van der Waals surface area (Å²) < 4.78 is 0. The van der Waals surface area contributed by atoms with Crippen LogP contribution in [0.25, 0.3) is 0 Å².